The normalized spacial score (nSPS) is 13.3. The van der Waals surface area contributed by atoms with Crippen LogP contribution in [0.25, 0.3) is 10.9 Å². The Balaban J connectivity index is 1.58. The maximum Gasteiger partial charge on any atom is 0.231 e. The molecule has 5 heteroatoms. The van der Waals surface area contributed by atoms with Crippen LogP contribution in [-0.2, 0) is 6.54 Å². The van der Waals surface area contributed by atoms with Crippen LogP contribution in [0, 0.1) is 6.92 Å². The van der Waals surface area contributed by atoms with Gasteiger partial charge in [0.2, 0.25) is 6.79 Å². The third-order valence-corrected chi connectivity index (χ3v) is 3.90. The quantitative estimate of drug-likeness (QED) is 0.727. The van der Waals surface area contributed by atoms with Crippen LogP contribution < -0.4 is 9.47 Å². The lowest BCUT2D eigenvalue weighted by Gasteiger charge is -1.99. The number of aromatic amines is 1. The van der Waals surface area contributed by atoms with Crippen LogP contribution >= 0.6 is 0 Å². The van der Waals surface area contributed by atoms with Crippen LogP contribution in [0.4, 0.5) is 0 Å². The maximum atomic E-state index is 10.1. The van der Waals surface area contributed by atoms with Gasteiger partial charge in [-0.05, 0) is 36.2 Å². The van der Waals surface area contributed by atoms with Gasteiger partial charge in [-0.15, -0.1) is 0 Å². The predicted molar refractivity (Wildman–Crippen MR) is 88.6 cm³/mol. The molecule has 1 aliphatic rings. The fourth-order valence-corrected chi connectivity index (χ4v) is 2.73. The molecule has 0 unspecified atom stereocenters. The monoisotopic (exact) mass is 308 g/mol. The molecule has 0 bridgehead atoms. The standard InChI is InChI=1S/C18H16N2O3/c1-11-2-4-13-14(18(21)20-15(13)6-11)9-19-8-12-3-5-16-17(7-12)23-10-22-16/h2-7,9,20-21H,8,10H2,1H3. The van der Waals surface area contributed by atoms with E-state index in [1.807, 2.05) is 43.3 Å². The van der Waals surface area contributed by atoms with Crippen molar-refractivity contribution in [2.24, 2.45) is 4.99 Å². The third kappa shape index (κ3) is 2.50. The minimum atomic E-state index is 0.139. The summed E-state index contributed by atoms with van der Waals surface area (Å²) in [5.41, 5.74) is 3.79. The lowest BCUT2D eigenvalue weighted by molar-refractivity contribution is 0.174. The molecule has 0 aliphatic carbocycles. The van der Waals surface area contributed by atoms with Crippen LogP contribution in [0.3, 0.4) is 0 Å². The molecule has 2 aromatic carbocycles. The summed E-state index contributed by atoms with van der Waals surface area (Å²) >= 11 is 0. The van der Waals surface area contributed by atoms with Gasteiger partial charge in [0.25, 0.3) is 0 Å². The number of ether oxygens (including phenoxy) is 2. The van der Waals surface area contributed by atoms with Gasteiger partial charge in [-0.3, -0.25) is 4.99 Å². The van der Waals surface area contributed by atoms with Crippen molar-refractivity contribution >= 4 is 17.1 Å². The highest BCUT2D eigenvalue weighted by Gasteiger charge is 2.13. The number of hydrogen-bond acceptors (Lipinski definition) is 4. The average Bonchev–Trinajstić information content (AvgIpc) is 3.11. The highest BCUT2D eigenvalue weighted by molar-refractivity contribution is 6.02. The summed E-state index contributed by atoms with van der Waals surface area (Å²) < 4.78 is 10.7. The molecule has 2 heterocycles. The number of hydrogen-bond donors (Lipinski definition) is 2. The molecule has 116 valence electrons. The van der Waals surface area contributed by atoms with Crippen molar-refractivity contribution in [3.8, 4) is 17.4 Å². The molecule has 23 heavy (non-hydrogen) atoms. The summed E-state index contributed by atoms with van der Waals surface area (Å²) in [5, 5.41) is 11.0. The topological polar surface area (TPSA) is 66.8 Å². The highest BCUT2D eigenvalue weighted by Crippen LogP contribution is 2.32. The Morgan fingerprint density at radius 2 is 2.04 bits per heavy atom. The lowest BCUT2D eigenvalue weighted by atomic mass is 10.1. The molecule has 0 radical (unpaired) electrons. The molecule has 0 atom stereocenters. The Bertz CT molecular complexity index is 912. The molecule has 0 saturated carbocycles. The van der Waals surface area contributed by atoms with E-state index in [1.54, 1.807) is 6.21 Å². The zero-order valence-corrected chi connectivity index (χ0v) is 12.7. The number of nitrogens with zero attached hydrogens (tertiary/aromatic N) is 1. The van der Waals surface area contributed by atoms with E-state index in [-0.39, 0.29) is 12.7 Å². The van der Waals surface area contributed by atoms with Gasteiger partial charge in [-0.1, -0.05) is 18.2 Å². The van der Waals surface area contributed by atoms with E-state index < -0.39 is 0 Å². The summed E-state index contributed by atoms with van der Waals surface area (Å²) in [7, 11) is 0. The van der Waals surface area contributed by atoms with Crippen molar-refractivity contribution in [1.82, 2.24) is 4.98 Å². The van der Waals surface area contributed by atoms with Gasteiger partial charge in [0.05, 0.1) is 12.1 Å². The van der Waals surface area contributed by atoms with Gasteiger partial charge < -0.3 is 19.6 Å². The summed E-state index contributed by atoms with van der Waals surface area (Å²) in [5.74, 6) is 1.66. The number of rotatable bonds is 3. The molecule has 2 N–H and O–H groups in total. The Labute approximate surface area is 133 Å². The van der Waals surface area contributed by atoms with Crippen LogP contribution in [0.1, 0.15) is 16.7 Å². The Morgan fingerprint density at radius 1 is 1.17 bits per heavy atom. The van der Waals surface area contributed by atoms with Crippen LogP contribution in [-0.4, -0.2) is 23.1 Å². The molecule has 0 saturated heterocycles. The minimum Gasteiger partial charge on any atom is -0.494 e. The average molecular weight is 308 g/mol. The first kappa shape index (κ1) is 13.7. The molecule has 0 spiro atoms. The predicted octanol–water partition coefficient (Wildman–Crippen LogP) is 3.53. The van der Waals surface area contributed by atoms with E-state index in [2.05, 4.69) is 9.98 Å². The number of H-pyrrole nitrogens is 1. The fraction of sp³-hybridized carbons (Fsp3) is 0.167. The van der Waals surface area contributed by atoms with Crippen molar-refractivity contribution in [3.63, 3.8) is 0 Å². The van der Waals surface area contributed by atoms with Crippen molar-refractivity contribution < 1.29 is 14.6 Å². The van der Waals surface area contributed by atoms with Gasteiger partial charge >= 0.3 is 0 Å². The van der Waals surface area contributed by atoms with Gasteiger partial charge in [0.15, 0.2) is 17.4 Å². The second kappa shape index (κ2) is 5.35. The van der Waals surface area contributed by atoms with Gasteiger partial charge in [0.1, 0.15) is 0 Å². The van der Waals surface area contributed by atoms with E-state index in [4.69, 9.17) is 9.47 Å². The van der Waals surface area contributed by atoms with E-state index in [9.17, 15) is 5.11 Å². The number of aryl methyl sites for hydroxylation is 1. The molecule has 5 nitrogen and oxygen atoms in total. The van der Waals surface area contributed by atoms with E-state index >= 15 is 0 Å². The van der Waals surface area contributed by atoms with E-state index in [0.29, 0.717) is 12.1 Å². The Kier molecular flexibility index (Phi) is 3.19. The van der Waals surface area contributed by atoms with Crippen LogP contribution in [0.2, 0.25) is 0 Å². The molecule has 0 fully saturated rings. The Morgan fingerprint density at radius 3 is 2.96 bits per heavy atom. The zero-order chi connectivity index (χ0) is 15.8. The molecule has 1 aromatic heterocycles. The summed E-state index contributed by atoms with van der Waals surface area (Å²) in [6.07, 6.45) is 1.70. The van der Waals surface area contributed by atoms with E-state index in [1.165, 1.54) is 0 Å². The number of fused-ring (bicyclic) bond motifs is 2. The summed E-state index contributed by atoms with van der Waals surface area (Å²) in [6.45, 7) is 2.80. The smallest absolute Gasteiger partial charge is 0.231 e. The molecule has 4 rings (SSSR count). The second-order valence-electron chi connectivity index (χ2n) is 5.59. The maximum absolute atomic E-state index is 10.1. The van der Waals surface area contributed by atoms with Crippen LogP contribution in [0.5, 0.6) is 17.4 Å². The largest absolute Gasteiger partial charge is 0.494 e. The van der Waals surface area contributed by atoms with Gasteiger partial charge in [0, 0.05) is 17.1 Å². The number of aliphatic imine (C=N–C) groups is 1. The molecular weight excluding hydrogens is 292 g/mol. The second-order valence-corrected chi connectivity index (χ2v) is 5.59. The minimum absolute atomic E-state index is 0.139. The van der Waals surface area contributed by atoms with Crippen molar-refractivity contribution in [2.75, 3.05) is 6.79 Å². The molecular formula is C18H16N2O3. The van der Waals surface area contributed by atoms with Gasteiger partial charge in [-0.25, -0.2) is 0 Å². The first-order valence-electron chi connectivity index (χ1n) is 7.40. The highest BCUT2D eigenvalue weighted by atomic mass is 16.7. The molecule has 1 aliphatic heterocycles. The van der Waals surface area contributed by atoms with Crippen molar-refractivity contribution in [3.05, 3.63) is 53.1 Å². The first-order valence-corrected chi connectivity index (χ1v) is 7.40. The number of nitrogens with one attached hydrogen (secondary N) is 1. The van der Waals surface area contributed by atoms with Gasteiger partial charge in [-0.2, -0.15) is 0 Å². The SMILES string of the molecule is Cc1ccc2c(C=NCc3ccc4c(c3)OCO4)c(O)[nH]c2c1. The number of benzene rings is 2. The molecule has 0 amide bonds. The third-order valence-electron chi connectivity index (χ3n) is 3.90. The fourth-order valence-electron chi connectivity index (χ4n) is 2.73. The Hall–Kier alpha value is -2.95. The summed E-state index contributed by atoms with van der Waals surface area (Å²) in [6, 6.07) is 11.8. The first-order chi connectivity index (χ1) is 11.2. The number of aromatic hydroxyl groups is 1. The van der Waals surface area contributed by atoms with Crippen molar-refractivity contribution in [2.45, 2.75) is 13.5 Å². The van der Waals surface area contributed by atoms with Crippen LogP contribution in [0.15, 0.2) is 41.4 Å². The molecule has 3 aromatic rings. The summed E-state index contributed by atoms with van der Waals surface area (Å²) in [4.78, 5) is 7.42. The van der Waals surface area contributed by atoms with E-state index in [0.717, 1.165) is 33.5 Å². The number of aromatic nitrogens is 1. The van der Waals surface area contributed by atoms with Crippen molar-refractivity contribution in [1.29, 1.82) is 0 Å². The lowest BCUT2D eigenvalue weighted by Crippen LogP contribution is -1.92. The zero-order valence-electron chi connectivity index (χ0n) is 12.7.